The van der Waals surface area contributed by atoms with Crippen LogP contribution >= 0.6 is 11.3 Å². The molecule has 0 aliphatic heterocycles. The van der Waals surface area contributed by atoms with E-state index in [0.29, 0.717) is 0 Å². The summed E-state index contributed by atoms with van der Waals surface area (Å²) in [7, 11) is 0. The van der Waals surface area contributed by atoms with Gasteiger partial charge in [0.25, 0.3) is 0 Å². The molecule has 1 heterocycles. The summed E-state index contributed by atoms with van der Waals surface area (Å²) in [6, 6.07) is 2.97. The van der Waals surface area contributed by atoms with Gasteiger partial charge in [0.2, 0.25) is 0 Å². The summed E-state index contributed by atoms with van der Waals surface area (Å²) < 4.78 is 0. The summed E-state index contributed by atoms with van der Waals surface area (Å²) >= 11 is 1.87. The number of thiophene rings is 1. The Kier molecular flexibility index (Phi) is 3.24. The Balaban J connectivity index is 1.83. The molecule has 1 N–H and O–H groups in total. The molecule has 1 atom stereocenters. The zero-order valence-corrected chi connectivity index (χ0v) is 9.86. The molecule has 0 spiro atoms. The molecule has 0 aromatic carbocycles. The van der Waals surface area contributed by atoms with Crippen molar-refractivity contribution < 1.29 is 0 Å². The number of nitrogens with one attached hydrogen (secondary N) is 1. The fourth-order valence-electron chi connectivity index (χ4n) is 1.95. The molecule has 0 amide bonds. The van der Waals surface area contributed by atoms with Crippen molar-refractivity contribution in [1.82, 2.24) is 5.32 Å². The molecule has 0 bridgehead atoms. The van der Waals surface area contributed by atoms with Gasteiger partial charge in [-0.2, -0.15) is 0 Å². The maximum atomic E-state index is 3.68. The summed E-state index contributed by atoms with van der Waals surface area (Å²) in [5, 5.41) is 5.87. The Bertz CT molecular complexity index is 288. The van der Waals surface area contributed by atoms with Crippen LogP contribution < -0.4 is 5.32 Å². The van der Waals surface area contributed by atoms with E-state index >= 15 is 0 Å². The molecular formula is C12H19NS. The van der Waals surface area contributed by atoms with Crippen LogP contribution in [0, 0.1) is 12.8 Å². The van der Waals surface area contributed by atoms with Gasteiger partial charge in [-0.1, -0.05) is 6.92 Å². The predicted octanol–water partition coefficient (Wildman–Crippen LogP) is 3.33. The van der Waals surface area contributed by atoms with Crippen molar-refractivity contribution in [3.8, 4) is 0 Å². The molecule has 78 valence electrons. The number of rotatable bonds is 5. The van der Waals surface area contributed by atoms with Crippen LogP contribution in [0.5, 0.6) is 0 Å². The fraction of sp³-hybridized carbons (Fsp3) is 0.667. The lowest BCUT2D eigenvalue weighted by molar-refractivity contribution is 0.450. The van der Waals surface area contributed by atoms with Gasteiger partial charge in [-0.3, -0.25) is 0 Å². The summed E-state index contributed by atoms with van der Waals surface area (Å²) in [6.45, 7) is 5.56. The number of hydrogen-bond acceptors (Lipinski definition) is 2. The monoisotopic (exact) mass is 209 g/mol. The molecule has 1 aromatic heterocycles. The summed E-state index contributed by atoms with van der Waals surface area (Å²) in [4.78, 5) is 1.50. The van der Waals surface area contributed by atoms with Crippen LogP contribution in [0.25, 0.3) is 0 Å². The van der Waals surface area contributed by atoms with E-state index in [9.17, 15) is 0 Å². The van der Waals surface area contributed by atoms with Gasteiger partial charge < -0.3 is 5.32 Å². The summed E-state index contributed by atoms with van der Waals surface area (Å²) in [6.07, 6.45) is 4.15. The Morgan fingerprint density at radius 2 is 2.36 bits per heavy atom. The molecule has 0 radical (unpaired) electrons. The van der Waals surface area contributed by atoms with Crippen molar-refractivity contribution in [3.63, 3.8) is 0 Å². The first-order valence-corrected chi connectivity index (χ1v) is 6.45. The van der Waals surface area contributed by atoms with Gasteiger partial charge in [-0.25, -0.2) is 0 Å². The third kappa shape index (κ3) is 2.37. The minimum Gasteiger partial charge on any atom is -0.309 e. The van der Waals surface area contributed by atoms with Crippen LogP contribution in [-0.2, 0) is 6.54 Å². The van der Waals surface area contributed by atoms with Gasteiger partial charge in [0, 0.05) is 17.5 Å². The highest BCUT2D eigenvalue weighted by molar-refractivity contribution is 7.10. The first kappa shape index (κ1) is 10.2. The maximum Gasteiger partial charge on any atom is 0.0305 e. The third-order valence-electron chi connectivity index (χ3n) is 3.12. The average molecular weight is 209 g/mol. The van der Waals surface area contributed by atoms with E-state index in [0.717, 1.165) is 18.5 Å². The molecule has 1 nitrogen and oxygen atoms in total. The Morgan fingerprint density at radius 1 is 1.57 bits per heavy atom. The smallest absolute Gasteiger partial charge is 0.0305 e. The van der Waals surface area contributed by atoms with Gasteiger partial charge in [0.15, 0.2) is 0 Å². The molecule has 2 heteroatoms. The highest BCUT2D eigenvalue weighted by Crippen LogP contribution is 2.34. The standard InChI is InChI=1S/C12H19NS/c1-3-11(10-4-5-10)13-8-12-9(2)6-7-14-12/h6-7,10-11,13H,3-5,8H2,1-2H3. The second-order valence-corrected chi connectivity index (χ2v) is 5.26. The lowest BCUT2D eigenvalue weighted by atomic mass is 10.1. The first-order chi connectivity index (χ1) is 6.81. The van der Waals surface area contributed by atoms with E-state index in [1.165, 1.54) is 29.7 Å². The molecule has 1 aromatic rings. The van der Waals surface area contributed by atoms with E-state index < -0.39 is 0 Å². The highest BCUT2D eigenvalue weighted by atomic mass is 32.1. The topological polar surface area (TPSA) is 12.0 Å². The zero-order chi connectivity index (χ0) is 9.97. The minimum atomic E-state index is 0.761. The molecular weight excluding hydrogens is 190 g/mol. The second-order valence-electron chi connectivity index (χ2n) is 4.26. The van der Waals surface area contributed by atoms with Gasteiger partial charge in [0.1, 0.15) is 0 Å². The highest BCUT2D eigenvalue weighted by Gasteiger charge is 2.29. The molecule has 1 aliphatic rings. The van der Waals surface area contributed by atoms with E-state index in [-0.39, 0.29) is 0 Å². The first-order valence-electron chi connectivity index (χ1n) is 5.57. The number of aryl methyl sites for hydroxylation is 1. The molecule has 0 saturated heterocycles. The van der Waals surface area contributed by atoms with E-state index in [1.54, 1.807) is 0 Å². The predicted molar refractivity (Wildman–Crippen MR) is 62.7 cm³/mol. The van der Waals surface area contributed by atoms with Crippen LogP contribution in [0.2, 0.25) is 0 Å². The largest absolute Gasteiger partial charge is 0.309 e. The average Bonchev–Trinajstić information content (AvgIpc) is 2.93. The Hall–Kier alpha value is -0.340. The lowest BCUT2D eigenvalue weighted by Gasteiger charge is -2.15. The molecule has 2 rings (SSSR count). The third-order valence-corrected chi connectivity index (χ3v) is 4.15. The van der Waals surface area contributed by atoms with Gasteiger partial charge in [0.05, 0.1) is 0 Å². The molecule has 14 heavy (non-hydrogen) atoms. The Morgan fingerprint density at radius 3 is 2.86 bits per heavy atom. The SMILES string of the molecule is CCC(NCc1sccc1C)C1CC1. The second kappa shape index (κ2) is 4.45. The minimum absolute atomic E-state index is 0.761. The Labute approximate surface area is 90.5 Å². The van der Waals surface area contributed by atoms with Gasteiger partial charge in [-0.05, 0) is 49.1 Å². The van der Waals surface area contributed by atoms with Crippen LogP contribution in [0.1, 0.15) is 36.6 Å². The molecule has 1 fully saturated rings. The number of hydrogen-bond donors (Lipinski definition) is 1. The lowest BCUT2D eigenvalue weighted by Crippen LogP contribution is -2.29. The fourth-order valence-corrected chi connectivity index (χ4v) is 2.81. The maximum absolute atomic E-state index is 3.68. The van der Waals surface area contributed by atoms with Crippen molar-refractivity contribution in [2.24, 2.45) is 5.92 Å². The zero-order valence-electron chi connectivity index (χ0n) is 9.05. The van der Waals surface area contributed by atoms with Crippen molar-refractivity contribution >= 4 is 11.3 Å². The van der Waals surface area contributed by atoms with Crippen LogP contribution in [0.4, 0.5) is 0 Å². The molecule has 1 unspecified atom stereocenters. The summed E-state index contributed by atoms with van der Waals surface area (Å²) in [5.74, 6) is 0.972. The summed E-state index contributed by atoms with van der Waals surface area (Å²) in [5.41, 5.74) is 1.44. The van der Waals surface area contributed by atoms with E-state index in [1.807, 2.05) is 11.3 Å². The molecule has 1 saturated carbocycles. The molecule has 1 aliphatic carbocycles. The van der Waals surface area contributed by atoms with Crippen molar-refractivity contribution in [3.05, 3.63) is 21.9 Å². The van der Waals surface area contributed by atoms with Crippen LogP contribution in [0.15, 0.2) is 11.4 Å². The van der Waals surface area contributed by atoms with E-state index in [2.05, 4.69) is 30.6 Å². The van der Waals surface area contributed by atoms with E-state index in [4.69, 9.17) is 0 Å². The van der Waals surface area contributed by atoms with Crippen molar-refractivity contribution in [1.29, 1.82) is 0 Å². The van der Waals surface area contributed by atoms with Crippen molar-refractivity contribution in [2.45, 2.75) is 45.7 Å². The van der Waals surface area contributed by atoms with Crippen molar-refractivity contribution in [2.75, 3.05) is 0 Å². The van der Waals surface area contributed by atoms with Gasteiger partial charge >= 0.3 is 0 Å². The normalized spacial score (nSPS) is 18.4. The van der Waals surface area contributed by atoms with Crippen LogP contribution in [0.3, 0.4) is 0 Å². The van der Waals surface area contributed by atoms with Crippen LogP contribution in [-0.4, -0.2) is 6.04 Å². The van der Waals surface area contributed by atoms with Gasteiger partial charge in [-0.15, -0.1) is 11.3 Å². The quantitative estimate of drug-likeness (QED) is 0.784.